The molecule has 1 atom stereocenters. The topological polar surface area (TPSA) is 46.0 Å². The fourth-order valence-electron chi connectivity index (χ4n) is 2.22. The minimum absolute atomic E-state index is 0.0199. The second-order valence-corrected chi connectivity index (χ2v) is 5.18. The van der Waals surface area contributed by atoms with Gasteiger partial charge in [0.1, 0.15) is 5.82 Å². The highest BCUT2D eigenvalue weighted by atomic mass is 19.1. The zero-order chi connectivity index (χ0) is 15.2. The summed E-state index contributed by atoms with van der Waals surface area (Å²) in [5, 5.41) is 11.2. The Labute approximate surface area is 124 Å². The lowest BCUT2D eigenvalue weighted by Crippen LogP contribution is -2.27. The predicted octanol–water partition coefficient (Wildman–Crippen LogP) is 1.83. The number of halogens is 1. The normalized spacial score (nSPS) is 12.8. The first kappa shape index (κ1) is 15.6. The average Bonchev–Trinajstić information content (AvgIpc) is 2.93. The smallest absolute Gasteiger partial charge is 0.127 e. The van der Waals surface area contributed by atoms with E-state index in [-0.39, 0.29) is 11.9 Å². The van der Waals surface area contributed by atoms with Crippen molar-refractivity contribution >= 4 is 0 Å². The molecule has 2 rings (SSSR count). The number of likely N-dealkylation sites (N-methyl/N-ethyl adjacent to an activating group) is 1. The van der Waals surface area contributed by atoms with Gasteiger partial charge in [-0.05, 0) is 27.1 Å². The first-order chi connectivity index (χ1) is 10.1. The molecule has 0 radical (unpaired) electrons. The summed E-state index contributed by atoms with van der Waals surface area (Å²) in [5.74, 6) is -0.158. The van der Waals surface area contributed by atoms with Crippen LogP contribution in [0.4, 0.5) is 4.39 Å². The molecule has 1 N–H and O–H groups in total. The molecule has 0 aliphatic carbocycles. The van der Waals surface area contributed by atoms with E-state index in [2.05, 4.69) is 20.5 Å². The lowest BCUT2D eigenvalue weighted by atomic mass is 10.1. The first-order valence-electron chi connectivity index (χ1n) is 7.10. The Bertz CT molecular complexity index is 569. The number of hydrogen-bond donors (Lipinski definition) is 1. The number of nitrogens with one attached hydrogen (secondary N) is 1. The van der Waals surface area contributed by atoms with Gasteiger partial charge >= 0.3 is 0 Å². The Balaban J connectivity index is 1.91. The van der Waals surface area contributed by atoms with Crippen molar-refractivity contribution < 1.29 is 4.39 Å². The van der Waals surface area contributed by atoms with Gasteiger partial charge in [0, 0.05) is 30.9 Å². The Morgan fingerprint density at radius 2 is 2.14 bits per heavy atom. The van der Waals surface area contributed by atoms with Crippen molar-refractivity contribution in [2.24, 2.45) is 0 Å². The average molecular weight is 291 g/mol. The third-order valence-electron chi connectivity index (χ3n) is 3.64. The van der Waals surface area contributed by atoms with Crippen LogP contribution in [-0.2, 0) is 13.1 Å². The predicted molar refractivity (Wildman–Crippen MR) is 80.2 cm³/mol. The molecule has 114 valence electrons. The van der Waals surface area contributed by atoms with Crippen molar-refractivity contribution in [1.29, 1.82) is 0 Å². The maximum absolute atomic E-state index is 13.8. The Hall–Kier alpha value is -1.79. The van der Waals surface area contributed by atoms with E-state index in [9.17, 15) is 4.39 Å². The van der Waals surface area contributed by atoms with Crippen molar-refractivity contribution in [1.82, 2.24) is 25.2 Å². The summed E-state index contributed by atoms with van der Waals surface area (Å²) in [7, 11) is 3.87. The van der Waals surface area contributed by atoms with Crippen LogP contribution in [0, 0.1) is 5.82 Å². The molecule has 1 unspecified atom stereocenters. The van der Waals surface area contributed by atoms with E-state index >= 15 is 0 Å². The second-order valence-electron chi connectivity index (χ2n) is 5.18. The number of nitrogens with zero attached hydrogens (tertiary/aromatic N) is 4. The molecular weight excluding hydrogens is 269 g/mol. The van der Waals surface area contributed by atoms with Crippen LogP contribution < -0.4 is 5.32 Å². The zero-order valence-electron chi connectivity index (χ0n) is 12.8. The fourth-order valence-corrected chi connectivity index (χ4v) is 2.22. The molecule has 1 aromatic carbocycles. The van der Waals surface area contributed by atoms with Gasteiger partial charge in [-0.3, -0.25) is 9.58 Å². The monoisotopic (exact) mass is 291 g/mol. The maximum atomic E-state index is 13.8. The summed E-state index contributed by atoms with van der Waals surface area (Å²) in [4.78, 5) is 2.11. The largest absolute Gasteiger partial charge is 0.314 e. The third kappa shape index (κ3) is 4.09. The summed E-state index contributed by atoms with van der Waals surface area (Å²) in [6.45, 7) is 4.22. The van der Waals surface area contributed by atoms with E-state index in [0.29, 0.717) is 6.54 Å². The van der Waals surface area contributed by atoms with E-state index in [0.717, 1.165) is 24.3 Å². The van der Waals surface area contributed by atoms with Gasteiger partial charge < -0.3 is 5.32 Å². The molecule has 0 aliphatic rings. The van der Waals surface area contributed by atoms with Gasteiger partial charge in [0.15, 0.2) is 0 Å². The molecule has 5 nitrogen and oxygen atoms in total. The van der Waals surface area contributed by atoms with Crippen LogP contribution in [0.1, 0.15) is 24.2 Å². The van der Waals surface area contributed by atoms with Crippen molar-refractivity contribution in [2.45, 2.75) is 26.1 Å². The first-order valence-corrected chi connectivity index (χ1v) is 7.10. The van der Waals surface area contributed by atoms with Crippen molar-refractivity contribution in [3.8, 4) is 0 Å². The van der Waals surface area contributed by atoms with Gasteiger partial charge in [0.05, 0.1) is 12.2 Å². The quantitative estimate of drug-likeness (QED) is 0.845. The molecule has 0 saturated heterocycles. The number of hydrogen-bond acceptors (Lipinski definition) is 4. The molecule has 0 bridgehead atoms. The Kier molecular flexibility index (Phi) is 5.41. The summed E-state index contributed by atoms with van der Waals surface area (Å²) in [6, 6.07) is 6.93. The molecule has 0 saturated carbocycles. The number of rotatable bonds is 7. The van der Waals surface area contributed by atoms with Crippen LogP contribution in [-0.4, -0.2) is 40.5 Å². The van der Waals surface area contributed by atoms with Crippen LogP contribution in [0.15, 0.2) is 30.5 Å². The Morgan fingerprint density at radius 1 is 1.38 bits per heavy atom. The van der Waals surface area contributed by atoms with E-state index in [1.807, 2.05) is 44.0 Å². The summed E-state index contributed by atoms with van der Waals surface area (Å²) in [5.41, 5.74) is 1.64. The lowest BCUT2D eigenvalue weighted by molar-refractivity contribution is 0.242. The molecular formula is C15H22FN5. The van der Waals surface area contributed by atoms with E-state index < -0.39 is 0 Å². The van der Waals surface area contributed by atoms with Gasteiger partial charge in [-0.25, -0.2) is 4.39 Å². The summed E-state index contributed by atoms with van der Waals surface area (Å²) in [6.07, 6.45) is 1.93. The zero-order valence-corrected chi connectivity index (χ0v) is 12.8. The van der Waals surface area contributed by atoms with Crippen LogP contribution in [0.5, 0.6) is 0 Å². The lowest BCUT2D eigenvalue weighted by Gasteiger charge is -2.25. The van der Waals surface area contributed by atoms with Gasteiger partial charge in [-0.1, -0.05) is 23.4 Å². The van der Waals surface area contributed by atoms with Crippen LogP contribution >= 0.6 is 0 Å². The highest BCUT2D eigenvalue weighted by Crippen LogP contribution is 2.21. The molecule has 1 aromatic heterocycles. The van der Waals surface area contributed by atoms with Gasteiger partial charge in [-0.2, -0.15) is 0 Å². The molecule has 0 spiro atoms. The van der Waals surface area contributed by atoms with Crippen molar-refractivity contribution in [3.63, 3.8) is 0 Å². The van der Waals surface area contributed by atoms with Crippen LogP contribution in [0.2, 0.25) is 0 Å². The standard InChI is InChI=1S/C15H22FN5/c1-12(14-6-4-5-7-15(14)16)20(3)8-9-21-11-13(10-17-2)18-19-21/h4-7,11-12,17H,8-10H2,1-3H3. The SMILES string of the molecule is CNCc1cn(CCN(C)C(C)c2ccccc2F)nn1. The highest BCUT2D eigenvalue weighted by Gasteiger charge is 2.15. The Morgan fingerprint density at radius 3 is 2.86 bits per heavy atom. The van der Waals surface area contributed by atoms with Crippen molar-refractivity contribution in [2.75, 3.05) is 20.6 Å². The summed E-state index contributed by atoms with van der Waals surface area (Å²) < 4.78 is 15.6. The minimum Gasteiger partial charge on any atom is -0.314 e. The molecule has 21 heavy (non-hydrogen) atoms. The molecule has 0 aliphatic heterocycles. The van der Waals surface area contributed by atoms with E-state index in [1.165, 1.54) is 6.07 Å². The summed E-state index contributed by atoms with van der Waals surface area (Å²) >= 11 is 0. The van der Waals surface area contributed by atoms with Gasteiger partial charge in [0.25, 0.3) is 0 Å². The van der Waals surface area contributed by atoms with Crippen molar-refractivity contribution in [3.05, 3.63) is 47.5 Å². The van der Waals surface area contributed by atoms with E-state index in [1.54, 1.807) is 6.07 Å². The number of benzene rings is 1. The van der Waals surface area contributed by atoms with Crippen LogP contribution in [0.3, 0.4) is 0 Å². The maximum Gasteiger partial charge on any atom is 0.127 e. The fraction of sp³-hybridized carbons (Fsp3) is 0.467. The molecule has 6 heteroatoms. The molecule has 2 aromatic rings. The van der Waals surface area contributed by atoms with Crippen LogP contribution in [0.25, 0.3) is 0 Å². The molecule has 0 amide bonds. The molecule has 0 fully saturated rings. The van der Waals surface area contributed by atoms with E-state index in [4.69, 9.17) is 0 Å². The minimum atomic E-state index is -0.158. The highest BCUT2D eigenvalue weighted by molar-refractivity contribution is 5.20. The second kappa shape index (κ2) is 7.28. The van der Waals surface area contributed by atoms with Gasteiger partial charge in [-0.15, -0.1) is 5.10 Å². The van der Waals surface area contributed by atoms with Gasteiger partial charge in [0.2, 0.25) is 0 Å². The molecule has 1 heterocycles. The number of aromatic nitrogens is 3. The third-order valence-corrected chi connectivity index (χ3v) is 3.64.